The Morgan fingerprint density at radius 3 is 2.05 bits per heavy atom. The summed E-state index contributed by atoms with van der Waals surface area (Å²) in [5, 5.41) is 3.30. The quantitative estimate of drug-likeness (QED) is 0.870. The Hall–Kier alpha value is -1.64. The molecule has 0 saturated carbocycles. The smallest absolute Gasteiger partial charge is 0.166 e. The van der Waals surface area contributed by atoms with E-state index in [-0.39, 0.29) is 18.3 Å². The van der Waals surface area contributed by atoms with Crippen LogP contribution in [0, 0.1) is 5.92 Å². The van der Waals surface area contributed by atoms with Gasteiger partial charge in [-0.25, -0.2) is 0 Å². The van der Waals surface area contributed by atoms with Crippen LogP contribution < -0.4 is 5.32 Å². The van der Waals surface area contributed by atoms with E-state index in [1.54, 1.807) is 0 Å². The van der Waals surface area contributed by atoms with Crippen molar-refractivity contribution in [1.29, 1.82) is 0 Å². The maximum absolute atomic E-state index is 12.4. The number of carbonyl (C=O) groups excluding carboxylic acids is 1. The molecule has 3 rings (SSSR count). The van der Waals surface area contributed by atoms with Gasteiger partial charge in [-0.3, -0.25) is 4.79 Å². The van der Waals surface area contributed by atoms with Crippen LogP contribution in [0.5, 0.6) is 0 Å². The number of rotatable bonds is 3. The first-order valence-electron chi connectivity index (χ1n) is 7.25. The Bertz CT molecular complexity index is 574. The summed E-state index contributed by atoms with van der Waals surface area (Å²) in [5.41, 5.74) is 3.19. The molecular weight excluding hydrogens is 282 g/mol. The second-order valence-corrected chi connectivity index (χ2v) is 5.33. The zero-order valence-electron chi connectivity index (χ0n) is 11.9. The number of halogens is 1. The van der Waals surface area contributed by atoms with Crippen molar-refractivity contribution in [2.24, 2.45) is 5.92 Å². The average Bonchev–Trinajstić information content (AvgIpc) is 2.56. The first kappa shape index (κ1) is 15.7. The molecule has 1 heterocycles. The molecule has 21 heavy (non-hydrogen) atoms. The number of hydrogen-bond donors (Lipinski definition) is 1. The summed E-state index contributed by atoms with van der Waals surface area (Å²) >= 11 is 0. The molecular formula is C18H20ClNO. The van der Waals surface area contributed by atoms with E-state index in [2.05, 4.69) is 17.4 Å². The van der Waals surface area contributed by atoms with Crippen molar-refractivity contribution in [2.75, 3.05) is 13.1 Å². The highest BCUT2D eigenvalue weighted by Crippen LogP contribution is 2.22. The van der Waals surface area contributed by atoms with Crippen molar-refractivity contribution in [1.82, 2.24) is 5.32 Å². The van der Waals surface area contributed by atoms with Crippen molar-refractivity contribution >= 4 is 18.2 Å². The number of benzene rings is 2. The number of hydrogen-bond acceptors (Lipinski definition) is 2. The van der Waals surface area contributed by atoms with Gasteiger partial charge in [-0.1, -0.05) is 54.6 Å². The molecule has 0 aliphatic carbocycles. The molecule has 2 nitrogen and oxygen atoms in total. The largest absolute Gasteiger partial charge is 0.317 e. The lowest BCUT2D eigenvalue weighted by molar-refractivity contribution is 0.0895. The first-order chi connectivity index (χ1) is 9.84. The van der Waals surface area contributed by atoms with Crippen molar-refractivity contribution < 1.29 is 4.79 Å². The van der Waals surface area contributed by atoms with Crippen LogP contribution in [0.25, 0.3) is 11.1 Å². The van der Waals surface area contributed by atoms with Crippen molar-refractivity contribution in [3.05, 3.63) is 60.2 Å². The van der Waals surface area contributed by atoms with Gasteiger partial charge >= 0.3 is 0 Å². The predicted molar refractivity (Wildman–Crippen MR) is 89.1 cm³/mol. The van der Waals surface area contributed by atoms with Gasteiger partial charge in [0.05, 0.1) is 0 Å². The summed E-state index contributed by atoms with van der Waals surface area (Å²) < 4.78 is 0. The van der Waals surface area contributed by atoms with Gasteiger partial charge in [0.1, 0.15) is 0 Å². The fourth-order valence-corrected chi connectivity index (χ4v) is 2.78. The number of carbonyl (C=O) groups is 1. The third kappa shape index (κ3) is 3.72. The first-order valence-corrected chi connectivity index (χ1v) is 7.25. The van der Waals surface area contributed by atoms with Gasteiger partial charge in [0.2, 0.25) is 0 Å². The SMILES string of the molecule is Cl.O=C(c1ccc(-c2ccccc2)cc1)C1CCNCC1. The van der Waals surface area contributed by atoms with E-state index in [9.17, 15) is 4.79 Å². The van der Waals surface area contributed by atoms with Gasteiger partial charge in [0.25, 0.3) is 0 Å². The topological polar surface area (TPSA) is 29.1 Å². The van der Waals surface area contributed by atoms with E-state index < -0.39 is 0 Å². The van der Waals surface area contributed by atoms with Gasteiger partial charge in [0, 0.05) is 11.5 Å². The number of Topliss-reactive ketones (excluding diaryl/α,β-unsaturated/α-hetero) is 1. The van der Waals surface area contributed by atoms with Crippen LogP contribution in [-0.4, -0.2) is 18.9 Å². The fourth-order valence-electron chi connectivity index (χ4n) is 2.78. The molecule has 2 aromatic carbocycles. The Balaban J connectivity index is 0.00000161. The van der Waals surface area contributed by atoms with Gasteiger partial charge in [0.15, 0.2) is 5.78 Å². The molecule has 0 radical (unpaired) electrons. The number of nitrogens with one attached hydrogen (secondary N) is 1. The molecule has 0 atom stereocenters. The molecule has 110 valence electrons. The van der Waals surface area contributed by atoms with Crippen molar-refractivity contribution in [3.8, 4) is 11.1 Å². The molecule has 1 fully saturated rings. The summed E-state index contributed by atoms with van der Waals surface area (Å²) in [7, 11) is 0. The van der Waals surface area contributed by atoms with Crippen LogP contribution in [0.4, 0.5) is 0 Å². The molecule has 1 saturated heterocycles. The fraction of sp³-hybridized carbons (Fsp3) is 0.278. The van der Waals surface area contributed by atoms with Gasteiger partial charge < -0.3 is 5.32 Å². The molecule has 0 bridgehead atoms. The minimum Gasteiger partial charge on any atom is -0.317 e. The van der Waals surface area contributed by atoms with Gasteiger partial charge in [-0.15, -0.1) is 12.4 Å². The van der Waals surface area contributed by atoms with Gasteiger partial charge in [-0.05, 0) is 37.1 Å². The lowest BCUT2D eigenvalue weighted by Crippen LogP contribution is -2.31. The van der Waals surface area contributed by atoms with Crippen LogP contribution in [0.3, 0.4) is 0 Å². The third-order valence-electron chi connectivity index (χ3n) is 3.99. The summed E-state index contributed by atoms with van der Waals surface area (Å²) in [4.78, 5) is 12.4. The van der Waals surface area contributed by atoms with Crippen LogP contribution >= 0.6 is 12.4 Å². The highest BCUT2D eigenvalue weighted by atomic mass is 35.5. The maximum atomic E-state index is 12.4. The molecule has 0 amide bonds. The molecule has 3 heteroatoms. The second-order valence-electron chi connectivity index (χ2n) is 5.33. The van der Waals surface area contributed by atoms with Crippen LogP contribution in [-0.2, 0) is 0 Å². The molecule has 1 aliphatic rings. The van der Waals surface area contributed by atoms with Crippen molar-refractivity contribution in [2.45, 2.75) is 12.8 Å². The maximum Gasteiger partial charge on any atom is 0.166 e. The van der Waals surface area contributed by atoms with E-state index in [1.165, 1.54) is 5.56 Å². The summed E-state index contributed by atoms with van der Waals surface area (Å²) in [5.74, 6) is 0.491. The van der Waals surface area contributed by atoms with E-state index in [0.717, 1.165) is 37.1 Å². The Morgan fingerprint density at radius 1 is 0.857 bits per heavy atom. The van der Waals surface area contributed by atoms with Crippen LogP contribution in [0.15, 0.2) is 54.6 Å². The zero-order chi connectivity index (χ0) is 13.8. The Morgan fingerprint density at radius 2 is 1.43 bits per heavy atom. The lowest BCUT2D eigenvalue weighted by Gasteiger charge is -2.21. The molecule has 0 unspecified atom stereocenters. The third-order valence-corrected chi connectivity index (χ3v) is 3.99. The Kier molecular flexibility index (Phi) is 5.54. The van der Waals surface area contributed by atoms with Gasteiger partial charge in [-0.2, -0.15) is 0 Å². The van der Waals surface area contributed by atoms with E-state index in [4.69, 9.17) is 0 Å². The summed E-state index contributed by atoms with van der Waals surface area (Å²) in [6, 6.07) is 18.3. The molecule has 1 N–H and O–H groups in total. The normalized spacial score (nSPS) is 15.2. The minimum atomic E-state index is 0. The standard InChI is InChI=1S/C18H19NO.ClH/c20-18(17-10-12-19-13-11-17)16-8-6-15(7-9-16)14-4-2-1-3-5-14;/h1-9,17,19H,10-13H2;1H. The highest BCUT2D eigenvalue weighted by molar-refractivity contribution is 5.98. The molecule has 2 aromatic rings. The predicted octanol–water partition coefficient (Wildman–Crippen LogP) is 3.96. The lowest BCUT2D eigenvalue weighted by atomic mass is 9.89. The van der Waals surface area contributed by atoms with Crippen LogP contribution in [0.1, 0.15) is 23.2 Å². The molecule has 1 aliphatic heterocycles. The van der Waals surface area contributed by atoms with Crippen molar-refractivity contribution in [3.63, 3.8) is 0 Å². The van der Waals surface area contributed by atoms with Crippen LogP contribution in [0.2, 0.25) is 0 Å². The second kappa shape index (κ2) is 7.39. The summed E-state index contributed by atoms with van der Waals surface area (Å²) in [6.07, 6.45) is 1.92. The molecule has 0 spiro atoms. The highest BCUT2D eigenvalue weighted by Gasteiger charge is 2.21. The Labute approximate surface area is 132 Å². The number of piperidine rings is 1. The monoisotopic (exact) mass is 301 g/mol. The zero-order valence-corrected chi connectivity index (χ0v) is 12.7. The van der Waals surface area contributed by atoms with E-state index in [0.29, 0.717) is 5.78 Å². The number of ketones is 1. The van der Waals surface area contributed by atoms with E-state index in [1.807, 2.05) is 42.5 Å². The minimum absolute atomic E-state index is 0. The average molecular weight is 302 g/mol. The summed E-state index contributed by atoms with van der Waals surface area (Å²) in [6.45, 7) is 1.91. The molecule has 0 aromatic heterocycles. The van der Waals surface area contributed by atoms with E-state index >= 15 is 0 Å².